The van der Waals surface area contributed by atoms with Gasteiger partial charge < -0.3 is 19.5 Å². The minimum absolute atomic E-state index is 0.115. The van der Waals surface area contributed by atoms with Gasteiger partial charge in [-0.05, 0) is 19.9 Å². The molecule has 0 aliphatic heterocycles. The van der Waals surface area contributed by atoms with Gasteiger partial charge in [0.25, 0.3) is 5.19 Å². The first kappa shape index (κ1) is 21.6. The molecule has 1 amide bonds. The molecular formula is C19H25F2N3O4S. The number of ether oxygens (including phenoxy) is 3. The van der Waals surface area contributed by atoms with Gasteiger partial charge in [0.05, 0.1) is 12.7 Å². The minimum atomic E-state index is -1.46. The van der Waals surface area contributed by atoms with Crippen molar-refractivity contribution in [3.63, 3.8) is 0 Å². The number of fused-ring (bicyclic) bond motifs is 1. The maximum atomic E-state index is 14.7. The number of hydrogen-bond acceptors (Lipinski definition) is 7. The molecule has 160 valence electrons. The summed E-state index contributed by atoms with van der Waals surface area (Å²) < 4.78 is 43.8. The highest BCUT2D eigenvalue weighted by Gasteiger charge is 2.46. The van der Waals surface area contributed by atoms with Crippen molar-refractivity contribution in [2.75, 3.05) is 19.9 Å². The van der Waals surface area contributed by atoms with Crippen molar-refractivity contribution in [2.24, 2.45) is 0 Å². The van der Waals surface area contributed by atoms with Crippen LogP contribution in [0.3, 0.4) is 0 Å². The molecule has 0 radical (unpaired) electrons. The molecule has 1 saturated carbocycles. The summed E-state index contributed by atoms with van der Waals surface area (Å²) in [6, 6.07) is 3.22. The van der Waals surface area contributed by atoms with E-state index in [0.29, 0.717) is 28.0 Å². The molecule has 3 rings (SSSR count). The molecule has 29 heavy (non-hydrogen) atoms. The summed E-state index contributed by atoms with van der Waals surface area (Å²) in [5.41, 5.74) is -0.847. The molecule has 2 heterocycles. The fourth-order valence-corrected chi connectivity index (χ4v) is 3.85. The third kappa shape index (κ3) is 5.96. The number of hydrogen-bond donors (Lipinski definition) is 1. The molecule has 1 unspecified atom stereocenters. The molecule has 0 saturated heterocycles. The van der Waals surface area contributed by atoms with Gasteiger partial charge in [-0.15, -0.1) is 0 Å². The largest absolute Gasteiger partial charge is 0.474 e. The Morgan fingerprint density at radius 2 is 2.14 bits per heavy atom. The van der Waals surface area contributed by atoms with Crippen LogP contribution in [0.2, 0.25) is 0 Å². The van der Waals surface area contributed by atoms with Crippen molar-refractivity contribution in [1.29, 1.82) is 0 Å². The second kappa shape index (κ2) is 9.17. The lowest BCUT2D eigenvalue weighted by molar-refractivity contribution is -0.125. The lowest BCUT2D eigenvalue weighted by Gasteiger charge is -2.40. The van der Waals surface area contributed by atoms with Crippen molar-refractivity contribution < 1.29 is 27.8 Å². The van der Waals surface area contributed by atoms with Gasteiger partial charge in [0, 0.05) is 31.9 Å². The predicted octanol–water partition coefficient (Wildman–Crippen LogP) is 3.22. The number of nitrogens with one attached hydrogen (secondary N) is 1. The Bertz CT molecular complexity index is 844. The zero-order chi connectivity index (χ0) is 21.0. The lowest BCUT2D eigenvalue weighted by Crippen LogP contribution is -2.50. The quantitative estimate of drug-likeness (QED) is 0.625. The molecule has 2 aromatic heterocycles. The number of thiazole rings is 1. The molecule has 0 aromatic carbocycles. The number of aromatic nitrogens is 2. The highest BCUT2D eigenvalue weighted by molar-refractivity contribution is 7.19. The summed E-state index contributed by atoms with van der Waals surface area (Å²) in [5, 5.41) is 3.06. The smallest absolute Gasteiger partial charge is 0.276 e. The summed E-state index contributed by atoms with van der Waals surface area (Å²) in [4.78, 5) is 20.1. The van der Waals surface area contributed by atoms with E-state index in [2.05, 4.69) is 15.3 Å². The van der Waals surface area contributed by atoms with Crippen LogP contribution in [0.5, 0.6) is 11.1 Å². The molecule has 0 spiro atoms. The predicted molar refractivity (Wildman–Crippen MR) is 105 cm³/mol. The van der Waals surface area contributed by atoms with Gasteiger partial charge >= 0.3 is 0 Å². The topological polar surface area (TPSA) is 82.6 Å². The number of carbonyl (C=O) groups is 1. The van der Waals surface area contributed by atoms with Crippen LogP contribution in [-0.4, -0.2) is 59.7 Å². The van der Waals surface area contributed by atoms with Gasteiger partial charge in [0.2, 0.25) is 11.8 Å². The molecule has 1 fully saturated rings. The van der Waals surface area contributed by atoms with Crippen LogP contribution in [0.4, 0.5) is 8.78 Å². The Kier molecular flexibility index (Phi) is 6.84. The third-order valence-electron chi connectivity index (χ3n) is 4.43. The highest BCUT2D eigenvalue weighted by Crippen LogP contribution is 2.39. The Morgan fingerprint density at radius 3 is 2.83 bits per heavy atom. The van der Waals surface area contributed by atoms with E-state index >= 15 is 0 Å². The number of halogens is 2. The van der Waals surface area contributed by atoms with E-state index in [1.165, 1.54) is 18.3 Å². The molecule has 0 bridgehead atoms. The van der Waals surface area contributed by atoms with Crippen molar-refractivity contribution in [2.45, 2.75) is 57.5 Å². The van der Waals surface area contributed by atoms with Crippen LogP contribution >= 0.6 is 11.3 Å². The first-order chi connectivity index (χ1) is 13.8. The van der Waals surface area contributed by atoms with Gasteiger partial charge in [-0.3, -0.25) is 4.79 Å². The average molecular weight is 429 g/mol. The van der Waals surface area contributed by atoms with Crippen molar-refractivity contribution >= 4 is 27.6 Å². The maximum absolute atomic E-state index is 14.7. The van der Waals surface area contributed by atoms with Gasteiger partial charge in [-0.1, -0.05) is 11.3 Å². The SMILES string of the molecule is CC(=O)N[C@@H](C)CO[C@H]1C[C@](F)(COc2ccc3nc(OC(C)CF)sc3n2)C1. The number of rotatable bonds is 10. The fraction of sp³-hybridized carbons (Fsp3) is 0.632. The number of carbonyl (C=O) groups excluding carboxylic acids is 1. The van der Waals surface area contributed by atoms with Crippen LogP contribution in [0.1, 0.15) is 33.6 Å². The summed E-state index contributed by atoms with van der Waals surface area (Å²) >= 11 is 1.19. The van der Waals surface area contributed by atoms with E-state index < -0.39 is 18.4 Å². The molecule has 1 N–H and O–H groups in total. The fourth-order valence-electron chi connectivity index (χ4n) is 2.98. The van der Waals surface area contributed by atoms with Gasteiger partial charge in [0.1, 0.15) is 30.6 Å². The van der Waals surface area contributed by atoms with Crippen LogP contribution in [0, 0.1) is 0 Å². The van der Waals surface area contributed by atoms with Crippen LogP contribution in [-0.2, 0) is 9.53 Å². The molecular weight excluding hydrogens is 404 g/mol. The standard InChI is InChI=1S/C19H25F2N3O4S/c1-11(22-13(3)25)9-26-14-6-19(21,7-14)10-27-16-5-4-15-17(24-16)29-18(23-15)28-12(2)8-20/h4-5,11-12,14H,6-10H2,1-3H3,(H,22,25)/t11-,12?,14-,19+/m0/s1. The Labute approximate surface area is 171 Å². The molecule has 2 atom stereocenters. The van der Waals surface area contributed by atoms with Crippen molar-refractivity contribution in [3.05, 3.63) is 12.1 Å². The number of pyridine rings is 1. The second-order valence-electron chi connectivity index (χ2n) is 7.44. The Hall–Kier alpha value is -2.07. The number of amides is 1. The zero-order valence-corrected chi connectivity index (χ0v) is 17.4. The van der Waals surface area contributed by atoms with E-state index in [0.717, 1.165) is 0 Å². The monoisotopic (exact) mass is 429 g/mol. The third-order valence-corrected chi connectivity index (χ3v) is 5.28. The van der Waals surface area contributed by atoms with Crippen molar-refractivity contribution in [1.82, 2.24) is 15.3 Å². The van der Waals surface area contributed by atoms with Crippen LogP contribution in [0.25, 0.3) is 10.3 Å². The van der Waals surface area contributed by atoms with Crippen LogP contribution < -0.4 is 14.8 Å². The summed E-state index contributed by atoms with van der Waals surface area (Å²) in [6.07, 6.45) is -0.287. The Morgan fingerprint density at radius 1 is 1.38 bits per heavy atom. The van der Waals surface area contributed by atoms with E-state index in [-0.39, 0.29) is 37.5 Å². The van der Waals surface area contributed by atoms with Crippen molar-refractivity contribution in [3.8, 4) is 11.1 Å². The van der Waals surface area contributed by atoms with Crippen LogP contribution in [0.15, 0.2) is 12.1 Å². The molecule has 7 nitrogen and oxygen atoms in total. The second-order valence-corrected chi connectivity index (χ2v) is 8.38. The minimum Gasteiger partial charge on any atom is -0.474 e. The lowest BCUT2D eigenvalue weighted by atomic mass is 9.79. The average Bonchev–Trinajstić information content (AvgIpc) is 3.03. The number of nitrogens with zero attached hydrogens (tertiary/aromatic N) is 2. The molecule has 10 heteroatoms. The van der Waals surface area contributed by atoms with Gasteiger partial charge in [-0.25, -0.2) is 18.7 Å². The molecule has 2 aromatic rings. The normalized spacial score (nSPS) is 23.3. The first-order valence-electron chi connectivity index (χ1n) is 9.47. The zero-order valence-electron chi connectivity index (χ0n) is 16.6. The van der Waals surface area contributed by atoms with E-state index in [9.17, 15) is 13.6 Å². The summed E-state index contributed by atoms with van der Waals surface area (Å²) in [6.45, 7) is 4.52. The molecule has 1 aliphatic rings. The summed E-state index contributed by atoms with van der Waals surface area (Å²) in [7, 11) is 0. The summed E-state index contributed by atoms with van der Waals surface area (Å²) in [5.74, 6) is 0.177. The first-order valence-corrected chi connectivity index (χ1v) is 10.3. The Balaban J connectivity index is 1.46. The van der Waals surface area contributed by atoms with Gasteiger partial charge in [0.15, 0.2) is 4.83 Å². The highest BCUT2D eigenvalue weighted by atomic mass is 32.1. The maximum Gasteiger partial charge on any atom is 0.276 e. The van der Waals surface area contributed by atoms with E-state index in [1.54, 1.807) is 19.1 Å². The molecule has 1 aliphatic carbocycles. The van der Waals surface area contributed by atoms with E-state index in [1.807, 2.05) is 6.92 Å². The van der Waals surface area contributed by atoms with E-state index in [4.69, 9.17) is 14.2 Å². The van der Waals surface area contributed by atoms with Gasteiger partial charge in [-0.2, -0.15) is 0 Å². The number of alkyl halides is 2.